The molecule has 158 valence electrons. The van der Waals surface area contributed by atoms with Crippen molar-refractivity contribution in [2.45, 2.75) is 25.5 Å². The lowest BCUT2D eigenvalue weighted by molar-refractivity contribution is -0.0292. The van der Waals surface area contributed by atoms with Crippen molar-refractivity contribution in [3.8, 4) is 0 Å². The predicted molar refractivity (Wildman–Crippen MR) is 122 cm³/mol. The normalized spacial score (nSPS) is 18.4. The second-order valence-electron chi connectivity index (χ2n) is 7.29. The van der Waals surface area contributed by atoms with Crippen LogP contribution in [-0.2, 0) is 17.7 Å². The summed E-state index contributed by atoms with van der Waals surface area (Å²) in [6, 6.07) is 16.4. The molecule has 0 radical (unpaired) electrons. The number of nitrogens with one attached hydrogen (secondary N) is 2. The quantitative estimate of drug-likeness (QED) is 0.750. The Bertz CT molecular complexity index is 789. The molecule has 5 nitrogen and oxygen atoms in total. The Hall–Kier alpha value is -1.79. The van der Waals surface area contributed by atoms with Gasteiger partial charge in [-0.15, -0.1) is 24.8 Å². The molecule has 29 heavy (non-hydrogen) atoms. The molecule has 2 aromatic carbocycles. The second-order valence-corrected chi connectivity index (χ2v) is 7.29. The number of morpholine rings is 1. The van der Waals surface area contributed by atoms with Crippen LogP contribution in [0.3, 0.4) is 0 Å². The van der Waals surface area contributed by atoms with Crippen LogP contribution in [-0.4, -0.2) is 49.7 Å². The van der Waals surface area contributed by atoms with E-state index >= 15 is 0 Å². The van der Waals surface area contributed by atoms with Crippen molar-refractivity contribution in [1.82, 2.24) is 10.2 Å². The van der Waals surface area contributed by atoms with Crippen molar-refractivity contribution in [3.05, 3.63) is 65.2 Å². The number of hydrogen-bond donors (Lipinski definition) is 2. The number of halogens is 2. The monoisotopic (exact) mass is 437 g/mol. The van der Waals surface area contributed by atoms with E-state index in [9.17, 15) is 4.79 Å². The lowest BCUT2D eigenvalue weighted by Crippen LogP contribution is -2.47. The van der Waals surface area contributed by atoms with Gasteiger partial charge < -0.3 is 15.4 Å². The SMILES string of the molecule is Cl.Cl.O=C(NCC1CN(Cc2ccccc2)CCO1)c1cccc2c1CCCN2. The summed E-state index contributed by atoms with van der Waals surface area (Å²) in [5, 5.41) is 6.47. The second kappa shape index (κ2) is 11.4. The number of hydrogen-bond acceptors (Lipinski definition) is 4. The number of nitrogens with zero attached hydrogens (tertiary/aromatic N) is 1. The van der Waals surface area contributed by atoms with E-state index in [1.165, 1.54) is 5.56 Å². The maximum Gasteiger partial charge on any atom is 0.251 e. The Kier molecular flexibility index (Phi) is 9.24. The molecule has 1 amide bonds. The molecule has 2 heterocycles. The van der Waals surface area contributed by atoms with Gasteiger partial charge in [0.15, 0.2) is 0 Å². The van der Waals surface area contributed by atoms with Gasteiger partial charge in [0.25, 0.3) is 5.91 Å². The smallest absolute Gasteiger partial charge is 0.251 e. The van der Waals surface area contributed by atoms with Crippen molar-refractivity contribution in [1.29, 1.82) is 0 Å². The molecule has 1 fully saturated rings. The molecule has 1 unspecified atom stereocenters. The summed E-state index contributed by atoms with van der Waals surface area (Å²) >= 11 is 0. The zero-order chi connectivity index (χ0) is 18.5. The fourth-order valence-corrected chi connectivity index (χ4v) is 3.91. The van der Waals surface area contributed by atoms with Gasteiger partial charge in [0.2, 0.25) is 0 Å². The van der Waals surface area contributed by atoms with E-state index in [-0.39, 0.29) is 36.8 Å². The van der Waals surface area contributed by atoms with Crippen LogP contribution < -0.4 is 10.6 Å². The molecule has 2 aliphatic rings. The molecule has 2 N–H and O–H groups in total. The maximum atomic E-state index is 12.7. The van der Waals surface area contributed by atoms with Crippen LogP contribution >= 0.6 is 24.8 Å². The molecule has 0 aliphatic carbocycles. The van der Waals surface area contributed by atoms with Gasteiger partial charge in [0.05, 0.1) is 12.7 Å². The molecule has 1 saturated heterocycles. The highest BCUT2D eigenvalue weighted by Gasteiger charge is 2.22. The third-order valence-electron chi connectivity index (χ3n) is 5.30. The van der Waals surface area contributed by atoms with Crippen LogP contribution in [0.5, 0.6) is 0 Å². The zero-order valence-electron chi connectivity index (χ0n) is 16.4. The van der Waals surface area contributed by atoms with E-state index in [2.05, 4.69) is 45.9 Å². The third-order valence-corrected chi connectivity index (χ3v) is 5.30. The summed E-state index contributed by atoms with van der Waals surface area (Å²) in [6.45, 7) is 4.91. The lowest BCUT2D eigenvalue weighted by Gasteiger charge is -2.33. The van der Waals surface area contributed by atoms with Gasteiger partial charge in [0.1, 0.15) is 0 Å². The Balaban J connectivity index is 0.00000150. The molecule has 0 saturated carbocycles. The average molecular weight is 438 g/mol. The Morgan fingerprint density at radius 3 is 2.79 bits per heavy atom. The van der Waals surface area contributed by atoms with Gasteiger partial charge >= 0.3 is 0 Å². The summed E-state index contributed by atoms with van der Waals surface area (Å²) < 4.78 is 5.88. The lowest BCUT2D eigenvalue weighted by atomic mass is 9.97. The van der Waals surface area contributed by atoms with Crippen molar-refractivity contribution in [2.75, 3.05) is 38.1 Å². The van der Waals surface area contributed by atoms with E-state index in [1.54, 1.807) is 0 Å². The fraction of sp³-hybridized carbons (Fsp3) is 0.409. The van der Waals surface area contributed by atoms with Crippen molar-refractivity contribution >= 4 is 36.4 Å². The van der Waals surface area contributed by atoms with E-state index < -0.39 is 0 Å². The zero-order valence-corrected chi connectivity index (χ0v) is 18.1. The van der Waals surface area contributed by atoms with Crippen molar-refractivity contribution < 1.29 is 9.53 Å². The molecule has 2 aliphatic heterocycles. The number of anilines is 1. The number of rotatable bonds is 5. The van der Waals surface area contributed by atoms with Crippen molar-refractivity contribution in [2.24, 2.45) is 0 Å². The van der Waals surface area contributed by atoms with Gasteiger partial charge in [-0.05, 0) is 36.1 Å². The largest absolute Gasteiger partial charge is 0.385 e. The topological polar surface area (TPSA) is 53.6 Å². The summed E-state index contributed by atoms with van der Waals surface area (Å²) in [6.07, 6.45) is 2.05. The Labute approximate surface area is 185 Å². The predicted octanol–water partition coefficient (Wildman–Crippen LogP) is 3.52. The van der Waals surface area contributed by atoms with Crippen LogP contribution in [0.25, 0.3) is 0 Å². The first-order chi connectivity index (χ1) is 13.3. The highest BCUT2D eigenvalue weighted by molar-refractivity contribution is 5.97. The highest BCUT2D eigenvalue weighted by Crippen LogP contribution is 2.25. The van der Waals surface area contributed by atoms with Gasteiger partial charge in [-0.1, -0.05) is 36.4 Å². The van der Waals surface area contributed by atoms with E-state index in [0.717, 1.165) is 55.8 Å². The fourth-order valence-electron chi connectivity index (χ4n) is 3.91. The van der Waals surface area contributed by atoms with Gasteiger partial charge in [-0.2, -0.15) is 0 Å². The van der Waals surface area contributed by atoms with E-state index in [4.69, 9.17) is 4.74 Å². The number of carbonyl (C=O) groups excluding carboxylic acids is 1. The third kappa shape index (κ3) is 6.09. The molecule has 7 heteroatoms. The standard InChI is InChI=1S/C22H27N3O2.2ClH/c26-22(20-8-4-10-21-19(20)9-5-11-23-21)24-14-18-16-25(12-13-27-18)15-17-6-2-1-3-7-17;;/h1-4,6-8,10,18,23H,5,9,11-16H2,(H,24,26);2*1H. The molecule has 0 aromatic heterocycles. The van der Waals surface area contributed by atoms with Crippen LogP contribution in [0.1, 0.15) is 27.9 Å². The number of carbonyl (C=O) groups is 1. The minimum Gasteiger partial charge on any atom is -0.385 e. The minimum absolute atomic E-state index is 0. The summed E-state index contributed by atoms with van der Waals surface area (Å²) in [4.78, 5) is 15.1. The van der Waals surface area contributed by atoms with Crippen LogP contribution in [0.2, 0.25) is 0 Å². The molecule has 4 rings (SSSR count). The first-order valence-corrected chi connectivity index (χ1v) is 9.81. The molecule has 0 spiro atoms. The first-order valence-electron chi connectivity index (χ1n) is 9.81. The molecular weight excluding hydrogens is 409 g/mol. The molecule has 2 aromatic rings. The van der Waals surface area contributed by atoms with Gasteiger partial charge in [0, 0.05) is 44.0 Å². The number of fused-ring (bicyclic) bond motifs is 1. The van der Waals surface area contributed by atoms with Crippen LogP contribution in [0, 0.1) is 0 Å². The highest BCUT2D eigenvalue weighted by atomic mass is 35.5. The maximum absolute atomic E-state index is 12.7. The van der Waals surface area contributed by atoms with Gasteiger partial charge in [-0.25, -0.2) is 0 Å². The Morgan fingerprint density at radius 1 is 1.14 bits per heavy atom. The molecular formula is C22H29Cl2N3O2. The molecule has 0 bridgehead atoms. The molecule has 1 atom stereocenters. The van der Waals surface area contributed by atoms with Crippen LogP contribution in [0.4, 0.5) is 5.69 Å². The number of ether oxygens (including phenoxy) is 1. The summed E-state index contributed by atoms with van der Waals surface area (Å²) in [5.74, 6) is -0.000618. The van der Waals surface area contributed by atoms with E-state index in [0.29, 0.717) is 13.2 Å². The minimum atomic E-state index is -0.000618. The van der Waals surface area contributed by atoms with E-state index in [1.807, 2.05) is 18.2 Å². The average Bonchev–Trinajstić information content (AvgIpc) is 2.72. The van der Waals surface area contributed by atoms with Gasteiger partial charge in [-0.3, -0.25) is 9.69 Å². The number of benzene rings is 2. The first kappa shape index (κ1) is 23.5. The summed E-state index contributed by atoms with van der Waals surface area (Å²) in [7, 11) is 0. The van der Waals surface area contributed by atoms with Crippen LogP contribution in [0.15, 0.2) is 48.5 Å². The Morgan fingerprint density at radius 2 is 1.97 bits per heavy atom. The van der Waals surface area contributed by atoms with Crippen molar-refractivity contribution in [3.63, 3.8) is 0 Å². The number of amides is 1. The summed E-state index contributed by atoms with van der Waals surface area (Å²) in [5.41, 5.74) is 4.33.